The number of para-hydroxylation sites is 1. The van der Waals surface area contributed by atoms with Gasteiger partial charge in [0, 0.05) is 13.1 Å². The van der Waals surface area contributed by atoms with Gasteiger partial charge < -0.3 is 15.2 Å². The second-order valence-corrected chi connectivity index (χ2v) is 5.11. The summed E-state index contributed by atoms with van der Waals surface area (Å²) in [6, 6.07) is 6.19. The lowest BCUT2D eigenvalue weighted by Crippen LogP contribution is -2.24. The molecule has 0 radical (unpaired) electrons. The number of anilines is 1. The second kappa shape index (κ2) is 4.61. The highest BCUT2D eigenvalue weighted by Gasteiger charge is 2.14. The molecule has 1 fully saturated rings. The maximum absolute atomic E-state index is 6.04. The molecule has 3 rings (SSSR count). The first kappa shape index (κ1) is 11.5. The Morgan fingerprint density at radius 1 is 1.22 bits per heavy atom. The molecule has 0 unspecified atom stereocenters. The van der Waals surface area contributed by atoms with Crippen LogP contribution in [0.5, 0.6) is 0 Å². The fraction of sp³-hybridized carbons (Fsp3) is 0.500. The monoisotopic (exact) mass is 244 g/mol. The molecular formula is C14H20N4. The summed E-state index contributed by atoms with van der Waals surface area (Å²) in [6.45, 7) is 6.59. The zero-order valence-electron chi connectivity index (χ0n) is 10.9. The summed E-state index contributed by atoms with van der Waals surface area (Å²) < 4.78 is 2.16. The predicted octanol–water partition coefficient (Wildman–Crippen LogP) is 2.02. The van der Waals surface area contributed by atoms with E-state index >= 15 is 0 Å². The standard InChI is InChI=1S/C14H20N4/c1-11-5-4-6-12-13(11)18(14(15)16-12)10-9-17-7-2-3-8-17/h4-6H,2-3,7-10H2,1H3,(H2,15,16). The quantitative estimate of drug-likeness (QED) is 0.898. The highest BCUT2D eigenvalue weighted by molar-refractivity contribution is 5.81. The minimum Gasteiger partial charge on any atom is -0.369 e. The van der Waals surface area contributed by atoms with Gasteiger partial charge in [-0.15, -0.1) is 0 Å². The van der Waals surface area contributed by atoms with Gasteiger partial charge in [0.15, 0.2) is 0 Å². The number of benzene rings is 1. The SMILES string of the molecule is Cc1cccc2nc(N)n(CCN3CCCC3)c12. The fourth-order valence-electron chi connectivity index (χ4n) is 2.86. The number of aryl methyl sites for hydroxylation is 1. The number of nitrogens with zero attached hydrogens (tertiary/aromatic N) is 3. The molecule has 0 amide bonds. The topological polar surface area (TPSA) is 47.1 Å². The lowest BCUT2D eigenvalue weighted by molar-refractivity contribution is 0.325. The Kier molecular flexibility index (Phi) is 2.96. The van der Waals surface area contributed by atoms with E-state index in [1.807, 2.05) is 12.1 Å². The first-order chi connectivity index (χ1) is 8.75. The Hall–Kier alpha value is -1.55. The Bertz CT molecular complexity index is 552. The molecule has 1 aromatic heterocycles. The lowest BCUT2D eigenvalue weighted by atomic mass is 10.2. The summed E-state index contributed by atoms with van der Waals surface area (Å²) in [7, 11) is 0. The van der Waals surface area contributed by atoms with Crippen LogP contribution in [0.4, 0.5) is 5.95 Å². The third-order valence-electron chi connectivity index (χ3n) is 3.84. The predicted molar refractivity (Wildman–Crippen MR) is 74.6 cm³/mol. The third kappa shape index (κ3) is 1.97. The van der Waals surface area contributed by atoms with Crippen molar-refractivity contribution >= 4 is 17.0 Å². The van der Waals surface area contributed by atoms with Crippen molar-refractivity contribution in [2.24, 2.45) is 0 Å². The Morgan fingerprint density at radius 2 is 2.00 bits per heavy atom. The third-order valence-corrected chi connectivity index (χ3v) is 3.84. The minimum atomic E-state index is 0.637. The molecule has 96 valence electrons. The number of hydrogen-bond acceptors (Lipinski definition) is 3. The van der Waals surface area contributed by atoms with E-state index in [1.54, 1.807) is 0 Å². The van der Waals surface area contributed by atoms with Crippen LogP contribution in [0.3, 0.4) is 0 Å². The smallest absolute Gasteiger partial charge is 0.201 e. The molecule has 0 atom stereocenters. The summed E-state index contributed by atoms with van der Waals surface area (Å²) in [5.74, 6) is 0.637. The van der Waals surface area contributed by atoms with Gasteiger partial charge in [0.1, 0.15) is 0 Å². The molecule has 0 saturated carbocycles. The molecule has 2 N–H and O–H groups in total. The van der Waals surface area contributed by atoms with Crippen molar-refractivity contribution in [2.75, 3.05) is 25.4 Å². The van der Waals surface area contributed by atoms with Crippen LogP contribution >= 0.6 is 0 Å². The molecule has 1 saturated heterocycles. The van der Waals surface area contributed by atoms with Gasteiger partial charge in [0.25, 0.3) is 0 Å². The number of nitrogen functional groups attached to an aromatic ring is 1. The van der Waals surface area contributed by atoms with E-state index in [4.69, 9.17) is 5.73 Å². The second-order valence-electron chi connectivity index (χ2n) is 5.11. The largest absolute Gasteiger partial charge is 0.369 e. The summed E-state index contributed by atoms with van der Waals surface area (Å²) in [6.07, 6.45) is 2.67. The zero-order valence-corrected chi connectivity index (χ0v) is 10.9. The van der Waals surface area contributed by atoms with Crippen molar-refractivity contribution < 1.29 is 0 Å². The molecule has 18 heavy (non-hydrogen) atoms. The van der Waals surface area contributed by atoms with Crippen LogP contribution in [0.2, 0.25) is 0 Å². The number of aromatic nitrogens is 2. The van der Waals surface area contributed by atoms with Crippen LogP contribution in [0.25, 0.3) is 11.0 Å². The first-order valence-corrected chi connectivity index (χ1v) is 6.69. The van der Waals surface area contributed by atoms with Gasteiger partial charge in [-0.2, -0.15) is 0 Å². The van der Waals surface area contributed by atoms with Gasteiger partial charge in [0.05, 0.1) is 11.0 Å². The van der Waals surface area contributed by atoms with E-state index in [2.05, 4.69) is 27.4 Å². The van der Waals surface area contributed by atoms with Crippen molar-refractivity contribution in [2.45, 2.75) is 26.3 Å². The van der Waals surface area contributed by atoms with Crippen molar-refractivity contribution in [1.82, 2.24) is 14.5 Å². The van der Waals surface area contributed by atoms with Gasteiger partial charge in [0.2, 0.25) is 5.95 Å². The maximum Gasteiger partial charge on any atom is 0.201 e. The number of fused-ring (bicyclic) bond motifs is 1. The summed E-state index contributed by atoms with van der Waals surface area (Å²) in [4.78, 5) is 6.94. The van der Waals surface area contributed by atoms with E-state index in [1.165, 1.54) is 37.0 Å². The average Bonchev–Trinajstić information content (AvgIpc) is 2.94. The number of imidazole rings is 1. The van der Waals surface area contributed by atoms with Gasteiger partial charge in [-0.05, 0) is 44.5 Å². The van der Waals surface area contributed by atoms with E-state index in [0.29, 0.717) is 5.95 Å². The molecule has 0 spiro atoms. The Morgan fingerprint density at radius 3 is 2.78 bits per heavy atom. The highest BCUT2D eigenvalue weighted by Crippen LogP contribution is 2.21. The van der Waals surface area contributed by atoms with Gasteiger partial charge in [-0.1, -0.05) is 12.1 Å². The molecule has 4 nitrogen and oxygen atoms in total. The fourth-order valence-corrected chi connectivity index (χ4v) is 2.86. The number of hydrogen-bond donors (Lipinski definition) is 1. The molecule has 1 aliphatic rings. The molecule has 0 aliphatic carbocycles. The van der Waals surface area contributed by atoms with E-state index in [0.717, 1.165) is 18.6 Å². The van der Waals surface area contributed by atoms with Gasteiger partial charge >= 0.3 is 0 Å². The lowest BCUT2D eigenvalue weighted by Gasteiger charge is -2.16. The minimum absolute atomic E-state index is 0.637. The molecule has 1 aromatic carbocycles. The molecule has 4 heteroatoms. The van der Waals surface area contributed by atoms with Gasteiger partial charge in [-0.25, -0.2) is 4.98 Å². The van der Waals surface area contributed by atoms with Crippen molar-refractivity contribution in [3.63, 3.8) is 0 Å². The van der Waals surface area contributed by atoms with Crippen LogP contribution in [0.15, 0.2) is 18.2 Å². The summed E-state index contributed by atoms with van der Waals surface area (Å²) in [5, 5.41) is 0. The number of nitrogens with two attached hydrogens (primary N) is 1. The number of rotatable bonds is 3. The van der Waals surface area contributed by atoms with Crippen LogP contribution in [-0.2, 0) is 6.54 Å². The van der Waals surface area contributed by atoms with Crippen LogP contribution in [-0.4, -0.2) is 34.1 Å². The zero-order chi connectivity index (χ0) is 12.5. The van der Waals surface area contributed by atoms with Gasteiger partial charge in [-0.3, -0.25) is 0 Å². The van der Waals surface area contributed by atoms with Crippen LogP contribution in [0, 0.1) is 6.92 Å². The van der Waals surface area contributed by atoms with Crippen LogP contribution in [0.1, 0.15) is 18.4 Å². The first-order valence-electron chi connectivity index (χ1n) is 6.69. The molecule has 1 aliphatic heterocycles. The molecular weight excluding hydrogens is 224 g/mol. The van der Waals surface area contributed by atoms with E-state index in [-0.39, 0.29) is 0 Å². The van der Waals surface area contributed by atoms with Crippen LogP contribution < -0.4 is 5.73 Å². The Labute approximate surface area is 107 Å². The van der Waals surface area contributed by atoms with Crippen molar-refractivity contribution in [1.29, 1.82) is 0 Å². The van der Waals surface area contributed by atoms with Crippen molar-refractivity contribution in [3.8, 4) is 0 Å². The average molecular weight is 244 g/mol. The maximum atomic E-state index is 6.04. The molecule has 0 bridgehead atoms. The van der Waals surface area contributed by atoms with E-state index in [9.17, 15) is 0 Å². The molecule has 2 heterocycles. The Balaban J connectivity index is 1.88. The number of likely N-dealkylation sites (tertiary alicyclic amines) is 1. The molecule has 2 aromatic rings. The van der Waals surface area contributed by atoms with E-state index < -0.39 is 0 Å². The summed E-state index contributed by atoms with van der Waals surface area (Å²) in [5.41, 5.74) is 9.49. The summed E-state index contributed by atoms with van der Waals surface area (Å²) >= 11 is 0. The van der Waals surface area contributed by atoms with Crippen molar-refractivity contribution in [3.05, 3.63) is 23.8 Å². The normalized spacial score (nSPS) is 16.7. The highest BCUT2D eigenvalue weighted by atomic mass is 15.2.